The van der Waals surface area contributed by atoms with Gasteiger partial charge in [0, 0.05) is 24.4 Å². The number of thioether (sulfide) groups is 1. The first kappa shape index (κ1) is 17.1. The van der Waals surface area contributed by atoms with Crippen LogP contribution in [-0.4, -0.2) is 23.4 Å². The first-order chi connectivity index (χ1) is 12.1. The van der Waals surface area contributed by atoms with Gasteiger partial charge in [0.05, 0.1) is 10.7 Å². The molecule has 0 unspecified atom stereocenters. The molecule has 8 heteroatoms. The minimum absolute atomic E-state index is 0.0650. The molecule has 7 nitrogen and oxygen atoms in total. The van der Waals surface area contributed by atoms with E-state index < -0.39 is 4.92 Å². The number of nitrogens with one attached hydrogen (secondary N) is 1. The molecule has 1 aliphatic rings. The number of amides is 1. The van der Waals surface area contributed by atoms with Gasteiger partial charge in [-0.3, -0.25) is 14.9 Å². The maximum atomic E-state index is 11.9. The Morgan fingerprint density at radius 3 is 2.60 bits per heavy atom. The number of hydrogen-bond donors (Lipinski definition) is 1. The molecule has 2 aromatic carbocycles. The Labute approximate surface area is 148 Å². The van der Waals surface area contributed by atoms with Crippen molar-refractivity contribution in [2.45, 2.75) is 12.3 Å². The molecule has 1 amide bonds. The molecule has 0 aliphatic carbocycles. The lowest BCUT2D eigenvalue weighted by Crippen LogP contribution is -2.24. The Morgan fingerprint density at radius 2 is 1.84 bits per heavy atom. The highest BCUT2D eigenvalue weighted by molar-refractivity contribution is 7.99. The SMILES string of the molecule is O=C(CSCc1ccc([N+](=O)[O-])cc1)NCc1ccc2c(c1)OCO2. The largest absolute Gasteiger partial charge is 0.454 e. The van der Waals surface area contributed by atoms with Crippen molar-refractivity contribution < 1.29 is 19.2 Å². The quantitative estimate of drug-likeness (QED) is 0.603. The van der Waals surface area contributed by atoms with Crippen molar-refractivity contribution in [3.05, 3.63) is 63.7 Å². The zero-order chi connectivity index (χ0) is 17.6. The van der Waals surface area contributed by atoms with E-state index in [1.165, 1.54) is 23.9 Å². The van der Waals surface area contributed by atoms with Gasteiger partial charge in [-0.05, 0) is 23.3 Å². The van der Waals surface area contributed by atoms with Gasteiger partial charge in [-0.2, -0.15) is 0 Å². The van der Waals surface area contributed by atoms with E-state index in [1.807, 2.05) is 18.2 Å². The molecule has 0 atom stereocenters. The van der Waals surface area contributed by atoms with Crippen LogP contribution in [0.2, 0.25) is 0 Å². The second-order valence-corrected chi connectivity index (χ2v) is 6.37. The van der Waals surface area contributed by atoms with Gasteiger partial charge < -0.3 is 14.8 Å². The minimum Gasteiger partial charge on any atom is -0.454 e. The number of nitrogens with zero attached hydrogens (tertiary/aromatic N) is 1. The van der Waals surface area contributed by atoms with E-state index >= 15 is 0 Å². The molecule has 1 aliphatic heterocycles. The summed E-state index contributed by atoms with van der Waals surface area (Å²) in [6, 6.07) is 11.9. The number of nitro groups is 1. The molecule has 0 aromatic heterocycles. The van der Waals surface area contributed by atoms with Crippen molar-refractivity contribution in [3.63, 3.8) is 0 Å². The molecular formula is C17H16N2O5S. The second kappa shape index (κ2) is 7.89. The fourth-order valence-electron chi connectivity index (χ4n) is 2.28. The number of ether oxygens (including phenoxy) is 2. The van der Waals surface area contributed by atoms with Gasteiger partial charge >= 0.3 is 0 Å². The van der Waals surface area contributed by atoms with Crippen LogP contribution in [0.25, 0.3) is 0 Å². The summed E-state index contributed by atoms with van der Waals surface area (Å²) in [5, 5.41) is 13.5. The molecule has 130 valence electrons. The molecule has 0 fully saturated rings. The van der Waals surface area contributed by atoms with Crippen molar-refractivity contribution >= 4 is 23.4 Å². The van der Waals surface area contributed by atoms with E-state index in [-0.39, 0.29) is 18.4 Å². The van der Waals surface area contributed by atoms with Crippen molar-refractivity contribution in [3.8, 4) is 11.5 Å². The van der Waals surface area contributed by atoms with Gasteiger partial charge in [0.2, 0.25) is 12.7 Å². The fourth-order valence-corrected chi connectivity index (χ4v) is 3.10. The molecule has 25 heavy (non-hydrogen) atoms. The standard InChI is InChI=1S/C17H16N2O5S/c20-17(10-25-9-12-1-4-14(5-2-12)19(21)22)18-8-13-3-6-15-16(7-13)24-11-23-15/h1-7H,8-11H2,(H,18,20). The highest BCUT2D eigenvalue weighted by atomic mass is 32.2. The Hall–Kier alpha value is -2.74. The number of carbonyl (C=O) groups is 1. The van der Waals surface area contributed by atoms with Crippen LogP contribution in [-0.2, 0) is 17.1 Å². The molecule has 0 spiro atoms. The predicted octanol–water partition coefficient (Wildman–Crippen LogP) is 2.87. The predicted molar refractivity (Wildman–Crippen MR) is 93.7 cm³/mol. The summed E-state index contributed by atoms with van der Waals surface area (Å²) in [5.74, 6) is 2.29. The van der Waals surface area contributed by atoms with E-state index in [0.717, 1.165) is 11.1 Å². The number of fused-ring (bicyclic) bond motifs is 1. The van der Waals surface area contributed by atoms with E-state index in [2.05, 4.69) is 5.32 Å². The van der Waals surface area contributed by atoms with Crippen LogP contribution in [0, 0.1) is 10.1 Å². The van der Waals surface area contributed by atoms with Gasteiger partial charge in [-0.1, -0.05) is 18.2 Å². The topological polar surface area (TPSA) is 90.7 Å². The highest BCUT2D eigenvalue weighted by Gasteiger charge is 2.13. The van der Waals surface area contributed by atoms with Gasteiger partial charge in [-0.15, -0.1) is 11.8 Å². The van der Waals surface area contributed by atoms with Crippen LogP contribution in [0.5, 0.6) is 11.5 Å². The van der Waals surface area contributed by atoms with Gasteiger partial charge in [0.25, 0.3) is 5.69 Å². The van der Waals surface area contributed by atoms with Crippen LogP contribution < -0.4 is 14.8 Å². The third-order valence-electron chi connectivity index (χ3n) is 3.58. The molecular weight excluding hydrogens is 344 g/mol. The normalized spacial score (nSPS) is 12.0. The van der Waals surface area contributed by atoms with Crippen LogP contribution in [0.15, 0.2) is 42.5 Å². The maximum absolute atomic E-state index is 11.9. The van der Waals surface area contributed by atoms with E-state index in [9.17, 15) is 14.9 Å². The summed E-state index contributed by atoms with van der Waals surface area (Å²) < 4.78 is 10.5. The van der Waals surface area contributed by atoms with Crippen molar-refractivity contribution in [1.82, 2.24) is 5.32 Å². The number of rotatable bonds is 7. The fraction of sp³-hybridized carbons (Fsp3) is 0.235. The lowest BCUT2D eigenvalue weighted by Gasteiger charge is -2.06. The van der Waals surface area contributed by atoms with Crippen LogP contribution >= 0.6 is 11.8 Å². The minimum atomic E-state index is -0.430. The highest BCUT2D eigenvalue weighted by Crippen LogP contribution is 2.32. The summed E-state index contributed by atoms with van der Waals surface area (Å²) in [6.07, 6.45) is 0. The zero-order valence-corrected chi connectivity index (χ0v) is 14.1. The molecule has 1 heterocycles. The Bertz CT molecular complexity index is 779. The third kappa shape index (κ3) is 4.63. The van der Waals surface area contributed by atoms with Crippen molar-refractivity contribution in [2.24, 2.45) is 0 Å². The number of carbonyl (C=O) groups excluding carboxylic acids is 1. The summed E-state index contributed by atoms with van der Waals surface area (Å²) in [6.45, 7) is 0.651. The van der Waals surface area contributed by atoms with E-state index in [0.29, 0.717) is 29.5 Å². The van der Waals surface area contributed by atoms with Gasteiger partial charge in [0.1, 0.15) is 0 Å². The van der Waals surface area contributed by atoms with E-state index in [4.69, 9.17) is 9.47 Å². The zero-order valence-electron chi connectivity index (χ0n) is 13.3. The lowest BCUT2D eigenvalue weighted by atomic mass is 10.2. The first-order valence-corrected chi connectivity index (χ1v) is 8.73. The first-order valence-electron chi connectivity index (χ1n) is 7.58. The molecule has 3 rings (SSSR count). The molecule has 0 bridgehead atoms. The molecule has 0 saturated heterocycles. The Morgan fingerprint density at radius 1 is 1.12 bits per heavy atom. The lowest BCUT2D eigenvalue weighted by molar-refractivity contribution is -0.384. The average Bonchev–Trinajstić information content (AvgIpc) is 3.08. The van der Waals surface area contributed by atoms with Crippen molar-refractivity contribution in [1.29, 1.82) is 0 Å². The Balaban J connectivity index is 1.40. The molecule has 0 radical (unpaired) electrons. The number of hydrogen-bond acceptors (Lipinski definition) is 6. The maximum Gasteiger partial charge on any atom is 0.269 e. The van der Waals surface area contributed by atoms with E-state index in [1.54, 1.807) is 12.1 Å². The van der Waals surface area contributed by atoms with Crippen LogP contribution in [0.3, 0.4) is 0 Å². The molecule has 0 saturated carbocycles. The number of benzene rings is 2. The van der Waals surface area contributed by atoms with Gasteiger partial charge in [0.15, 0.2) is 11.5 Å². The molecule has 1 N–H and O–H groups in total. The monoisotopic (exact) mass is 360 g/mol. The van der Waals surface area contributed by atoms with Gasteiger partial charge in [-0.25, -0.2) is 0 Å². The summed E-state index contributed by atoms with van der Waals surface area (Å²) in [5.41, 5.74) is 1.95. The molecule has 2 aromatic rings. The van der Waals surface area contributed by atoms with Crippen LogP contribution in [0.1, 0.15) is 11.1 Å². The smallest absolute Gasteiger partial charge is 0.269 e. The van der Waals surface area contributed by atoms with Crippen LogP contribution in [0.4, 0.5) is 5.69 Å². The number of non-ortho nitro benzene ring substituents is 1. The summed E-state index contributed by atoms with van der Waals surface area (Å²) in [4.78, 5) is 22.1. The van der Waals surface area contributed by atoms with Crippen molar-refractivity contribution in [2.75, 3.05) is 12.5 Å². The average molecular weight is 360 g/mol. The Kier molecular flexibility index (Phi) is 5.39. The third-order valence-corrected chi connectivity index (χ3v) is 4.58. The summed E-state index contributed by atoms with van der Waals surface area (Å²) in [7, 11) is 0. The summed E-state index contributed by atoms with van der Waals surface area (Å²) >= 11 is 1.46. The number of nitro benzene ring substituents is 1. The second-order valence-electron chi connectivity index (χ2n) is 5.38.